The van der Waals surface area contributed by atoms with Crippen molar-refractivity contribution in [1.82, 2.24) is 0 Å². The second kappa shape index (κ2) is 14.0. The molecule has 1 saturated carbocycles. The molecular formula is C23H35N7O2S3. The molecule has 9 nitrogen and oxygen atoms in total. The van der Waals surface area contributed by atoms with Crippen LogP contribution in [0.2, 0.25) is 0 Å². The number of aliphatic imine (C=N–C) groups is 3. The summed E-state index contributed by atoms with van der Waals surface area (Å²) in [6.45, 7) is 3.02. The largest absolute Gasteiger partial charge is 0.379 e. The average Bonchev–Trinajstić information content (AvgIpc) is 3.57. The van der Waals surface area contributed by atoms with Gasteiger partial charge in [0, 0.05) is 28.9 Å². The highest BCUT2D eigenvalue weighted by Crippen LogP contribution is 2.31. The Hall–Kier alpha value is -1.92. The van der Waals surface area contributed by atoms with E-state index in [1.54, 1.807) is 35.7 Å². The fourth-order valence-corrected chi connectivity index (χ4v) is 6.58. The summed E-state index contributed by atoms with van der Waals surface area (Å²) in [7, 11) is 0. The second-order valence-corrected chi connectivity index (χ2v) is 12.5. The molecule has 0 spiro atoms. The summed E-state index contributed by atoms with van der Waals surface area (Å²) in [5.74, 6) is 2.82. The molecule has 1 aromatic rings. The molecule has 0 saturated heterocycles. The molecule has 1 aromatic carbocycles. The van der Waals surface area contributed by atoms with Gasteiger partial charge < -0.3 is 17.2 Å². The number of hydrogen-bond acceptors (Lipinski definition) is 11. The third-order valence-electron chi connectivity index (χ3n) is 6.03. The van der Waals surface area contributed by atoms with Crippen molar-refractivity contribution >= 4 is 56.5 Å². The Bertz CT molecular complexity index is 951. The van der Waals surface area contributed by atoms with Crippen molar-refractivity contribution < 1.29 is 4.92 Å². The van der Waals surface area contributed by atoms with Gasteiger partial charge in [0.2, 0.25) is 0 Å². The van der Waals surface area contributed by atoms with Gasteiger partial charge in [0.25, 0.3) is 5.69 Å². The highest BCUT2D eigenvalue weighted by atomic mass is 32.2. The van der Waals surface area contributed by atoms with Gasteiger partial charge in [0.15, 0.2) is 15.5 Å². The van der Waals surface area contributed by atoms with Crippen LogP contribution in [-0.4, -0.2) is 49.8 Å². The molecule has 35 heavy (non-hydrogen) atoms. The van der Waals surface area contributed by atoms with Crippen LogP contribution in [0, 0.1) is 16.0 Å². The Morgan fingerprint density at radius 1 is 1.03 bits per heavy atom. The van der Waals surface area contributed by atoms with Crippen molar-refractivity contribution in [3.8, 4) is 0 Å². The monoisotopic (exact) mass is 537 g/mol. The number of nitro groups is 1. The topological polar surface area (TPSA) is 158 Å². The molecule has 3 unspecified atom stereocenters. The van der Waals surface area contributed by atoms with E-state index in [2.05, 4.69) is 21.9 Å². The van der Waals surface area contributed by atoms with E-state index in [0.29, 0.717) is 16.5 Å². The predicted molar refractivity (Wildman–Crippen MR) is 153 cm³/mol. The number of rotatable bonds is 4. The van der Waals surface area contributed by atoms with Crippen molar-refractivity contribution in [1.29, 1.82) is 0 Å². The first kappa shape index (κ1) is 27.7. The molecule has 4 aliphatic rings. The summed E-state index contributed by atoms with van der Waals surface area (Å²) in [6, 6.07) is 7.01. The molecule has 3 atom stereocenters. The van der Waals surface area contributed by atoms with Crippen LogP contribution in [-0.2, 0) is 0 Å². The zero-order valence-electron chi connectivity index (χ0n) is 20.0. The molecule has 1 fully saturated rings. The molecule has 0 bridgehead atoms. The number of amidine groups is 3. The van der Waals surface area contributed by atoms with Crippen LogP contribution in [0.5, 0.6) is 0 Å². The van der Waals surface area contributed by atoms with E-state index in [9.17, 15) is 10.1 Å². The molecule has 6 N–H and O–H groups in total. The van der Waals surface area contributed by atoms with Crippen molar-refractivity contribution in [2.24, 2.45) is 38.1 Å². The highest BCUT2D eigenvalue weighted by molar-refractivity contribution is 8.14. The first-order chi connectivity index (χ1) is 16.8. The number of non-ortho nitro benzene ring substituents is 1. The maximum atomic E-state index is 10.6. The fraction of sp³-hybridized carbons (Fsp3) is 0.609. The van der Waals surface area contributed by atoms with Gasteiger partial charge >= 0.3 is 0 Å². The minimum Gasteiger partial charge on any atom is -0.379 e. The lowest BCUT2D eigenvalue weighted by molar-refractivity contribution is -0.384. The maximum Gasteiger partial charge on any atom is 0.269 e. The van der Waals surface area contributed by atoms with E-state index < -0.39 is 4.92 Å². The quantitative estimate of drug-likeness (QED) is 0.373. The molecule has 0 aromatic heterocycles. The van der Waals surface area contributed by atoms with Crippen LogP contribution >= 0.6 is 35.3 Å². The van der Waals surface area contributed by atoms with E-state index in [-0.39, 0.29) is 11.7 Å². The standard InChI is InChI=1S/C10H18N2S.C9H9N3O2S.C4H8N2S/c11-10-12-9(7-13-10)6-8-4-2-1-3-5-8;10-9-11-8(5-15-9)6-2-1-3-7(4-6)12(13)14;1-3-2-6-4(5)7-3/h8-9H,1-7H2,(H2,11,12);1-4,8H,5H2,(H2,10,11);3H,2H2,1H3,(H2,5,6). The van der Waals surface area contributed by atoms with Crippen molar-refractivity contribution in [3.63, 3.8) is 0 Å². The summed E-state index contributed by atoms with van der Waals surface area (Å²) in [5, 5.41) is 13.3. The van der Waals surface area contributed by atoms with Gasteiger partial charge in [-0.2, -0.15) is 0 Å². The third kappa shape index (κ3) is 9.57. The first-order valence-corrected chi connectivity index (χ1v) is 14.8. The molecule has 1 aliphatic carbocycles. The number of nitrogens with two attached hydrogens (primary N) is 3. The van der Waals surface area contributed by atoms with Gasteiger partial charge in [-0.15, -0.1) is 0 Å². The van der Waals surface area contributed by atoms with Gasteiger partial charge in [-0.05, 0) is 17.9 Å². The van der Waals surface area contributed by atoms with Crippen molar-refractivity contribution in [2.45, 2.75) is 62.8 Å². The average molecular weight is 538 g/mol. The molecular weight excluding hydrogens is 503 g/mol. The molecule has 3 aliphatic heterocycles. The zero-order valence-corrected chi connectivity index (χ0v) is 22.5. The number of benzene rings is 1. The maximum absolute atomic E-state index is 10.6. The fourth-order valence-electron chi connectivity index (χ4n) is 4.27. The molecule has 3 heterocycles. The van der Waals surface area contributed by atoms with E-state index >= 15 is 0 Å². The third-order valence-corrected chi connectivity index (χ3v) is 8.79. The van der Waals surface area contributed by atoms with Crippen LogP contribution in [0.3, 0.4) is 0 Å². The predicted octanol–water partition coefficient (Wildman–Crippen LogP) is 4.52. The van der Waals surface area contributed by atoms with E-state index in [1.807, 2.05) is 6.07 Å². The van der Waals surface area contributed by atoms with E-state index in [0.717, 1.165) is 39.9 Å². The zero-order chi connectivity index (χ0) is 25.2. The minimum absolute atomic E-state index is 0.0464. The Labute approximate surface area is 219 Å². The number of nitrogens with zero attached hydrogens (tertiary/aromatic N) is 4. The summed E-state index contributed by atoms with van der Waals surface area (Å²) < 4.78 is 0. The lowest BCUT2D eigenvalue weighted by atomic mass is 9.85. The smallest absolute Gasteiger partial charge is 0.269 e. The van der Waals surface area contributed by atoms with Gasteiger partial charge in [0.1, 0.15) is 0 Å². The Balaban J connectivity index is 0.000000156. The van der Waals surface area contributed by atoms with Crippen molar-refractivity contribution in [2.75, 3.05) is 18.1 Å². The van der Waals surface area contributed by atoms with Crippen LogP contribution in [0.15, 0.2) is 39.2 Å². The lowest BCUT2D eigenvalue weighted by Crippen LogP contribution is -2.15. The van der Waals surface area contributed by atoms with Crippen LogP contribution in [0.1, 0.15) is 57.1 Å². The van der Waals surface area contributed by atoms with Gasteiger partial charge in [-0.3, -0.25) is 25.1 Å². The molecule has 0 amide bonds. The Morgan fingerprint density at radius 3 is 2.26 bits per heavy atom. The van der Waals surface area contributed by atoms with E-state index in [4.69, 9.17) is 17.2 Å². The summed E-state index contributed by atoms with van der Waals surface area (Å²) in [4.78, 5) is 22.8. The molecule has 192 valence electrons. The molecule has 12 heteroatoms. The van der Waals surface area contributed by atoms with Crippen LogP contribution in [0.4, 0.5) is 5.69 Å². The normalized spacial score (nSPS) is 26.0. The summed E-state index contributed by atoms with van der Waals surface area (Å²) in [5.41, 5.74) is 17.5. The van der Waals surface area contributed by atoms with Gasteiger partial charge in [-0.25, -0.2) is 0 Å². The Kier molecular flexibility index (Phi) is 11.1. The molecule has 0 radical (unpaired) electrons. The van der Waals surface area contributed by atoms with Crippen molar-refractivity contribution in [3.05, 3.63) is 39.9 Å². The molecule has 5 rings (SSSR count). The second-order valence-electron chi connectivity index (χ2n) is 8.93. The lowest BCUT2D eigenvalue weighted by Gasteiger charge is -2.22. The van der Waals surface area contributed by atoms with Gasteiger partial charge in [0.05, 0.1) is 23.6 Å². The van der Waals surface area contributed by atoms with Crippen LogP contribution in [0.25, 0.3) is 0 Å². The van der Waals surface area contributed by atoms with Crippen LogP contribution < -0.4 is 17.2 Å². The number of thioether (sulfide) groups is 3. The highest BCUT2D eigenvalue weighted by Gasteiger charge is 2.22. The summed E-state index contributed by atoms with van der Waals surface area (Å²) >= 11 is 4.84. The van der Waals surface area contributed by atoms with E-state index in [1.165, 1.54) is 56.4 Å². The van der Waals surface area contributed by atoms with Gasteiger partial charge in [-0.1, -0.05) is 86.4 Å². The number of hydrogen-bond donors (Lipinski definition) is 3. The summed E-state index contributed by atoms with van der Waals surface area (Å²) in [6.07, 6.45) is 8.45. The SMILES string of the molecule is CC1CN=C(N)S1.NC1=NC(CC2CCCCC2)CS1.NC1=NC(c2cccc([N+](=O)[O-])c2)CS1. The first-order valence-electron chi connectivity index (χ1n) is 11.9. The minimum atomic E-state index is -0.404. The number of nitro benzene ring substituents is 1. The Morgan fingerprint density at radius 2 is 1.74 bits per heavy atom.